The first-order valence-corrected chi connectivity index (χ1v) is 10.3. The van der Waals surface area contributed by atoms with Crippen LogP contribution in [0.25, 0.3) is 0 Å². The van der Waals surface area contributed by atoms with E-state index in [9.17, 15) is 19.2 Å². The molecule has 0 radical (unpaired) electrons. The fourth-order valence-corrected chi connectivity index (χ4v) is 5.32. The largest absolute Gasteiger partial charge is 0.481 e. The average molecular weight is 464 g/mol. The zero-order valence-corrected chi connectivity index (χ0v) is 17.9. The Morgan fingerprint density at radius 2 is 1.93 bits per heavy atom. The normalized spacial score (nSPS) is 30.7. The van der Waals surface area contributed by atoms with Crippen LogP contribution in [0, 0.1) is 11.8 Å². The summed E-state index contributed by atoms with van der Waals surface area (Å²) in [5.41, 5.74) is -0.967. The Hall–Kier alpha value is -2.26. The van der Waals surface area contributed by atoms with Gasteiger partial charge in [0, 0.05) is 33.7 Å². The molecule has 3 heterocycles. The standard InChI is InChI=1S/C20H22BrN3O5/c1-19(2,3)24-16(27)14-12(6-7-13(25)26)23-20(15(14)17(24)28)10-8-9(21)4-5-11(10)22-18(20)29/h4-5,8,12,14-15,23H,6-7H2,1-3H3,(H,22,29)(H,25,26). The molecule has 4 rings (SSSR count). The van der Waals surface area contributed by atoms with Gasteiger partial charge in [-0.05, 0) is 45.4 Å². The molecule has 8 nitrogen and oxygen atoms in total. The number of amides is 3. The van der Waals surface area contributed by atoms with E-state index in [1.165, 1.54) is 4.90 Å². The number of nitrogens with zero attached hydrogens (tertiary/aromatic N) is 1. The predicted octanol–water partition coefficient (Wildman–Crippen LogP) is 1.83. The number of carboxylic acid groups (broad SMARTS) is 1. The summed E-state index contributed by atoms with van der Waals surface area (Å²) in [4.78, 5) is 52.4. The van der Waals surface area contributed by atoms with Crippen molar-refractivity contribution in [1.82, 2.24) is 10.2 Å². The fraction of sp³-hybridized carbons (Fsp3) is 0.500. The molecule has 9 heteroatoms. The van der Waals surface area contributed by atoms with Gasteiger partial charge in [0.2, 0.25) is 17.7 Å². The number of hydrogen-bond donors (Lipinski definition) is 3. The second kappa shape index (κ2) is 6.37. The highest BCUT2D eigenvalue weighted by atomic mass is 79.9. The molecule has 1 aromatic rings. The van der Waals surface area contributed by atoms with Crippen LogP contribution in [0.2, 0.25) is 0 Å². The molecule has 1 spiro atoms. The van der Waals surface area contributed by atoms with E-state index in [0.29, 0.717) is 11.3 Å². The summed E-state index contributed by atoms with van der Waals surface area (Å²) in [6.45, 7) is 5.32. The molecule has 29 heavy (non-hydrogen) atoms. The minimum absolute atomic E-state index is 0.145. The number of carbonyl (C=O) groups is 4. The Kier molecular flexibility index (Phi) is 4.40. The Morgan fingerprint density at radius 3 is 2.55 bits per heavy atom. The zero-order chi connectivity index (χ0) is 21.3. The molecule has 154 valence electrons. The second-order valence-corrected chi connectivity index (χ2v) is 9.74. The Balaban J connectivity index is 1.88. The molecule has 0 aliphatic carbocycles. The van der Waals surface area contributed by atoms with Crippen molar-refractivity contribution in [2.45, 2.75) is 50.7 Å². The van der Waals surface area contributed by atoms with E-state index >= 15 is 0 Å². The monoisotopic (exact) mass is 463 g/mol. The van der Waals surface area contributed by atoms with Gasteiger partial charge in [-0.2, -0.15) is 0 Å². The van der Waals surface area contributed by atoms with E-state index in [1.807, 2.05) is 0 Å². The summed E-state index contributed by atoms with van der Waals surface area (Å²) in [5, 5.41) is 15.2. The Bertz CT molecular complexity index is 956. The SMILES string of the molecule is CC(C)(C)N1C(=O)C2C(CCC(=O)O)NC3(C(=O)Nc4ccc(Br)cc43)C2C1=O. The van der Waals surface area contributed by atoms with Gasteiger partial charge in [0.15, 0.2) is 0 Å². The van der Waals surface area contributed by atoms with Crippen LogP contribution in [0.4, 0.5) is 5.69 Å². The minimum Gasteiger partial charge on any atom is -0.481 e. The third-order valence-electron chi connectivity index (χ3n) is 6.02. The van der Waals surface area contributed by atoms with E-state index < -0.39 is 46.7 Å². The number of carbonyl (C=O) groups excluding carboxylic acids is 3. The van der Waals surface area contributed by atoms with Crippen LogP contribution in [0.1, 0.15) is 39.2 Å². The lowest BCUT2D eigenvalue weighted by Gasteiger charge is -2.34. The molecule has 1 aromatic carbocycles. The lowest BCUT2D eigenvalue weighted by atomic mass is 9.76. The molecule has 0 bridgehead atoms. The molecule has 3 aliphatic heterocycles. The predicted molar refractivity (Wildman–Crippen MR) is 107 cm³/mol. The van der Waals surface area contributed by atoms with Gasteiger partial charge in [0.25, 0.3) is 0 Å². The van der Waals surface area contributed by atoms with E-state index in [-0.39, 0.29) is 18.7 Å². The highest BCUT2D eigenvalue weighted by molar-refractivity contribution is 9.10. The molecule has 3 amide bonds. The second-order valence-electron chi connectivity index (χ2n) is 8.82. The van der Waals surface area contributed by atoms with Gasteiger partial charge in [-0.1, -0.05) is 15.9 Å². The summed E-state index contributed by atoms with van der Waals surface area (Å²) in [6, 6.07) is 4.70. The molecular formula is C20H22BrN3O5. The Labute approximate surface area is 176 Å². The minimum atomic E-state index is -1.40. The smallest absolute Gasteiger partial charge is 0.303 e. The van der Waals surface area contributed by atoms with Crippen LogP contribution in [0.15, 0.2) is 22.7 Å². The molecule has 0 saturated carbocycles. The number of likely N-dealkylation sites (tertiary alicyclic amines) is 1. The first kappa shape index (κ1) is 20.0. The summed E-state index contributed by atoms with van der Waals surface area (Å²) in [7, 11) is 0. The molecule has 3 aliphatic rings. The number of hydrogen-bond acceptors (Lipinski definition) is 5. The number of fused-ring (bicyclic) bond motifs is 4. The summed E-state index contributed by atoms with van der Waals surface area (Å²) in [6.07, 6.45) is -0.0210. The van der Waals surface area contributed by atoms with Crippen molar-refractivity contribution in [3.8, 4) is 0 Å². The highest BCUT2D eigenvalue weighted by Crippen LogP contribution is 2.54. The van der Waals surface area contributed by atoms with Crippen LogP contribution in [-0.4, -0.2) is 45.3 Å². The first-order chi connectivity index (χ1) is 13.5. The fourth-order valence-electron chi connectivity index (χ4n) is 4.96. The zero-order valence-electron chi connectivity index (χ0n) is 16.3. The first-order valence-electron chi connectivity index (χ1n) is 9.47. The van der Waals surface area contributed by atoms with Crippen molar-refractivity contribution in [2.24, 2.45) is 11.8 Å². The van der Waals surface area contributed by atoms with Crippen molar-refractivity contribution in [3.05, 3.63) is 28.2 Å². The van der Waals surface area contributed by atoms with Crippen LogP contribution in [-0.2, 0) is 24.7 Å². The molecule has 4 atom stereocenters. The molecule has 3 N–H and O–H groups in total. The van der Waals surface area contributed by atoms with Crippen molar-refractivity contribution < 1.29 is 24.3 Å². The van der Waals surface area contributed by atoms with Gasteiger partial charge in [0.05, 0.1) is 11.8 Å². The van der Waals surface area contributed by atoms with Crippen molar-refractivity contribution in [2.75, 3.05) is 5.32 Å². The number of nitrogens with one attached hydrogen (secondary N) is 2. The third kappa shape index (κ3) is 2.74. The van der Waals surface area contributed by atoms with Crippen molar-refractivity contribution >= 4 is 45.3 Å². The number of benzene rings is 1. The topological polar surface area (TPSA) is 116 Å². The number of imide groups is 1. The molecule has 2 fully saturated rings. The Morgan fingerprint density at radius 1 is 1.24 bits per heavy atom. The number of carboxylic acids is 1. The summed E-state index contributed by atoms with van der Waals surface area (Å²) in [5.74, 6) is -3.87. The number of rotatable bonds is 3. The lowest BCUT2D eigenvalue weighted by molar-refractivity contribution is -0.148. The van der Waals surface area contributed by atoms with E-state index in [0.717, 1.165) is 4.47 Å². The third-order valence-corrected chi connectivity index (χ3v) is 6.51. The van der Waals surface area contributed by atoms with E-state index in [2.05, 4.69) is 26.6 Å². The van der Waals surface area contributed by atoms with Crippen LogP contribution in [0.5, 0.6) is 0 Å². The molecule has 2 saturated heterocycles. The number of anilines is 1. The summed E-state index contributed by atoms with van der Waals surface area (Å²) >= 11 is 3.42. The van der Waals surface area contributed by atoms with Gasteiger partial charge in [-0.3, -0.25) is 29.4 Å². The van der Waals surface area contributed by atoms with Crippen molar-refractivity contribution in [3.63, 3.8) is 0 Å². The maximum absolute atomic E-state index is 13.5. The van der Waals surface area contributed by atoms with Crippen LogP contribution >= 0.6 is 15.9 Å². The van der Waals surface area contributed by atoms with Crippen molar-refractivity contribution in [1.29, 1.82) is 0 Å². The van der Waals surface area contributed by atoms with Gasteiger partial charge < -0.3 is 10.4 Å². The molecular weight excluding hydrogens is 442 g/mol. The van der Waals surface area contributed by atoms with E-state index in [4.69, 9.17) is 5.11 Å². The quantitative estimate of drug-likeness (QED) is 0.588. The average Bonchev–Trinajstić information content (AvgIpc) is 3.18. The van der Waals surface area contributed by atoms with Crippen LogP contribution in [0.3, 0.4) is 0 Å². The van der Waals surface area contributed by atoms with Gasteiger partial charge >= 0.3 is 5.97 Å². The number of aliphatic carboxylic acids is 1. The molecule has 0 aromatic heterocycles. The van der Waals surface area contributed by atoms with Gasteiger partial charge in [-0.25, -0.2) is 0 Å². The summed E-state index contributed by atoms with van der Waals surface area (Å²) < 4.78 is 0.740. The maximum atomic E-state index is 13.5. The van der Waals surface area contributed by atoms with Crippen LogP contribution < -0.4 is 10.6 Å². The lowest BCUT2D eigenvalue weighted by Crippen LogP contribution is -2.55. The van der Waals surface area contributed by atoms with Gasteiger partial charge in [0.1, 0.15) is 5.54 Å². The highest BCUT2D eigenvalue weighted by Gasteiger charge is 2.71. The van der Waals surface area contributed by atoms with Gasteiger partial charge in [-0.15, -0.1) is 0 Å². The van der Waals surface area contributed by atoms with E-state index in [1.54, 1.807) is 39.0 Å². The maximum Gasteiger partial charge on any atom is 0.303 e. The number of halogens is 1. The molecule has 4 unspecified atom stereocenters.